The van der Waals surface area contributed by atoms with E-state index in [2.05, 4.69) is 10.3 Å². The molecule has 1 aromatic heterocycles. The monoisotopic (exact) mass is 309 g/mol. The zero-order valence-corrected chi connectivity index (χ0v) is 11.8. The van der Waals surface area contributed by atoms with Gasteiger partial charge < -0.3 is 5.32 Å². The first kappa shape index (κ1) is 15.1. The third kappa shape index (κ3) is 3.61. The minimum Gasteiger partial charge on any atom is -0.318 e. The van der Waals surface area contributed by atoms with Gasteiger partial charge in [-0.05, 0) is 37.3 Å². The molecule has 1 aromatic carbocycles. The Morgan fingerprint density at radius 3 is 2.62 bits per heavy atom. The van der Waals surface area contributed by atoms with Gasteiger partial charge in [-0.3, -0.25) is 4.79 Å². The van der Waals surface area contributed by atoms with Crippen molar-refractivity contribution in [1.82, 2.24) is 4.98 Å². The summed E-state index contributed by atoms with van der Waals surface area (Å²) in [5.74, 6) is -1.42. The van der Waals surface area contributed by atoms with Crippen molar-refractivity contribution in [3.8, 4) is 0 Å². The van der Waals surface area contributed by atoms with E-state index in [0.717, 1.165) is 18.2 Å². The van der Waals surface area contributed by atoms with Crippen molar-refractivity contribution < 1.29 is 17.6 Å². The van der Waals surface area contributed by atoms with E-state index in [1.165, 1.54) is 6.07 Å². The Hall–Kier alpha value is -2.32. The molecule has 1 heterocycles. The standard InChI is InChI=1S/C13H12FN3O3S/c1-8-3-2-4-11(16-8)13(18)17-12-7-9(21(15,19)20)5-6-10(12)14/h2-7H,1H3,(H,17,18)(H2,15,19,20). The van der Waals surface area contributed by atoms with Crippen molar-refractivity contribution >= 4 is 21.6 Å². The molecule has 2 aromatic rings. The number of halogens is 1. The van der Waals surface area contributed by atoms with Crippen molar-refractivity contribution in [3.63, 3.8) is 0 Å². The molecule has 3 N–H and O–H groups in total. The number of nitrogens with two attached hydrogens (primary N) is 1. The number of amides is 1. The van der Waals surface area contributed by atoms with Crippen LogP contribution >= 0.6 is 0 Å². The van der Waals surface area contributed by atoms with Gasteiger partial charge in [0, 0.05) is 5.69 Å². The number of primary sulfonamides is 1. The lowest BCUT2D eigenvalue weighted by molar-refractivity contribution is 0.102. The SMILES string of the molecule is Cc1cccc(C(=O)Nc2cc(S(N)(=O)=O)ccc2F)n1. The maximum absolute atomic E-state index is 13.6. The number of hydrogen-bond donors (Lipinski definition) is 2. The molecule has 0 bridgehead atoms. The number of nitrogens with one attached hydrogen (secondary N) is 1. The van der Waals surface area contributed by atoms with E-state index >= 15 is 0 Å². The molecule has 0 aliphatic heterocycles. The van der Waals surface area contributed by atoms with Crippen molar-refractivity contribution in [2.45, 2.75) is 11.8 Å². The highest BCUT2D eigenvalue weighted by atomic mass is 32.2. The second-order valence-electron chi connectivity index (χ2n) is 4.30. The topological polar surface area (TPSA) is 102 Å². The summed E-state index contributed by atoms with van der Waals surface area (Å²) in [6.07, 6.45) is 0. The fourth-order valence-corrected chi connectivity index (χ4v) is 2.17. The highest BCUT2D eigenvalue weighted by Crippen LogP contribution is 2.19. The third-order valence-electron chi connectivity index (χ3n) is 2.64. The second kappa shape index (κ2) is 5.58. The molecule has 0 saturated carbocycles. The summed E-state index contributed by atoms with van der Waals surface area (Å²) in [6.45, 7) is 1.71. The Balaban J connectivity index is 2.33. The van der Waals surface area contributed by atoms with E-state index in [1.807, 2.05) is 0 Å². The summed E-state index contributed by atoms with van der Waals surface area (Å²) in [5.41, 5.74) is 0.437. The molecule has 0 aliphatic rings. The van der Waals surface area contributed by atoms with Gasteiger partial charge in [-0.25, -0.2) is 22.9 Å². The van der Waals surface area contributed by atoms with Crippen molar-refractivity contribution in [3.05, 3.63) is 53.6 Å². The van der Waals surface area contributed by atoms with Crippen LogP contribution in [0, 0.1) is 12.7 Å². The average Bonchev–Trinajstić information content (AvgIpc) is 2.40. The number of aryl methyl sites for hydroxylation is 1. The number of nitrogens with zero attached hydrogens (tertiary/aromatic N) is 1. The predicted octanol–water partition coefficient (Wildman–Crippen LogP) is 1.43. The number of carbonyl (C=O) groups is 1. The van der Waals surface area contributed by atoms with Gasteiger partial charge in [0.2, 0.25) is 10.0 Å². The first-order chi connectivity index (χ1) is 9.77. The zero-order chi connectivity index (χ0) is 15.6. The number of carbonyl (C=O) groups excluding carboxylic acids is 1. The molecule has 1 amide bonds. The zero-order valence-electron chi connectivity index (χ0n) is 11.0. The van der Waals surface area contributed by atoms with Gasteiger partial charge in [-0.15, -0.1) is 0 Å². The fraction of sp³-hybridized carbons (Fsp3) is 0.0769. The number of aromatic nitrogens is 1. The molecule has 0 aliphatic carbocycles. The Kier molecular flexibility index (Phi) is 4.01. The molecule has 0 fully saturated rings. The van der Waals surface area contributed by atoms with E-state index in [-0.39, 0.29) is 16.3 Å². The minimum absolute atomic E-state index is 0.0930. The summed E-state index contributed by atoms with van der Waals surface area (Å²) < 4.78 is 36.1. The van der Waals surface area contributed by atoms with Crippen LogP contribution in [0.1, 0.15) is 16.2 Å². The molecule has 21 heavy (non-hydrogen) atoms. The third-order valence-corrected chi connectivity index (χ3v) is 3.55. The van der Waals surface area contributed by atoms with Crippen LogP contribution in [-0.2, 0) is 10.0 Å². The van der Waals surface area contributed by atoms with Crippen LogP contribution in [0.25, 0.3) is 0 Å². The molecule has 0 radical (unpaired) electrons. The molecule has 0 atom stereocenters. The maximum atomic E-state index is 13.6. The first-order valence-corrected chi connectivity index (χ1v) is 7.39. The van der Waals surface area contributed by atoms with Gasteiger partial charge in [0.1, 0.15) is 11.5 Å². The van der Waals surface area contributed by atoms with Gasteiger partial charge in [0.15, 0.2) is 0 Å². The summed E-state index contributed by atoms with van der Waals surface area (Å²) in [6, 6.07) is 7.69. The molecule has 6 nitrogen and oxygen atoms in total. The van der Waals surface area contributed by atoms with E-state index < -0.39 is 21.7 Å². The predicted molar refractivity (Wildman–Crippen MR) is 74.7 cm³/mol. The van der Waals surface area contributed by atoms with Crippen LogP contribution in [0.2, 0.25) is 0 Å². The maximum Gasteiger partial charge on any atom is 0.274 e. The van der Waals surface area contributed by atoms with Gasteiger partial charge in [-0.2, -0.15) is 0 Å². The van der Waals surface area contributed by atoms with Crippen LogP contribution in [0.4, 0.5) is 10.1 Å². The van der Waals surface area contributed by atoms with Gasteiger partial charge in [0.25, 0.3) is 5.91 Å². The quantitative estimate of drug-likeness (QED) is 0.895. The fourth-order valence-electron chi connectivity index (χ4n) is 1.63. The Labute approximate surface area is 120 Å². The van der Waals surface area contributed by atoms with E-state index in [9.17, 15) is 17.6 Å². The average molecular weight is 309 g/mol. The number of anilines is 1. The van der Waals surface area contributed by atoms with Crippen LogP contribution < -0.4 is 10.5 Å². The Bertz CT molecular complexity index is 806. The molecule has 8 heteroatoms. The van der Waals surface area contributed by atoms with Gasteiger partial charge in [0.05, 0.1) is 10.6 Å². The van der Waals surface area contributed by atoms with Crippen LogP contribution in [0.15, 0.2) is 41.3 Å². The first-order valence-electron chi connectivity index (χ1n) is 5.85. The summed E-state index contributed by atoms with van der Waals surface area (Å²) >= 11 is 0. The lowest BCUT2D eigenvalue weighted by Gasteiger charge is -2.08. The summed E-state index contributed by atoms with van der Waals surface area (Å²) in [5, 5.41) is 7.23. The summed E-state index contributed by atoms with van der Waals surface area (Å²) in [4.78, 5) is 15.7. The Morgan fingerprint density at radius 2 is 2.00 bits per heavy atom. The number of hydrogen-bond acceptors (Lipinski definition) is 4. The number of rotatable bonds is 3. The molecular weight excluding hydrogens is 297 g/mol. The van der Waals surface area contributed by atoms with E-state index in [1.54, 1.807) is 19.1 Å². The largest absolute Gasteiger partial charge is 0.318 e. The molecule has 0 spiro atoms. The van der Waals surface area contributed by atoms with Gasteiger partial charge >= 0.3 is 0 Å². The second-order valence-corrected chi connectivity index (χ2v) is 5.87. The number of benzene rings is 1. The van der Waals surface area contributed by atoms with Crippen LogP contribution in [0.5, 0.6) is 0 Å². The number of sulfonamides is 1. The van der Waals surface area contributed by atoms with Crippen LogP contribution in [-0.4, -0.2) is 19.3 Å². The molecule has 110 valence electrons. The van der Waals surface area contributed by atoms with E-state index in [0.29, 0.717) is 5.69 Å². The lowest BCUT2D eigenvalue weighted by atomic mass is 10.2. The number of pyridine rings is 1. The van der Waals surface area contributed by atoms with E-state index in [4.69, 9.17) is 5.14 Å². The Morgan fingerprint density at radius 1 is 1.29 bits per heavy atom. The smallest absolute Gasteiger partial charge is 0.274 e. The minimum atomic E-state index is -3.98. The van der Waals surface area contributed by atoms with Gasteiger partial charge in [-0.1, -0.05) is 6.07 Å². The molecule has 0 saturated heterocycles. The normalized spacial score (nSPS) is 11.2. The highest BCUT2D eigenvalue weighted by molar-refractivity contribution is 7.89. The van der Waals surface area contributed by atoms with Crippen molar-refractivity contribution in [1.29, 1.82) is 0 Å². The lowest BCUT2D eigenvalue weighted by Crippen LogP contribution is -2.17. The van der Waals surface area contributed by atoms with Crippen molar-refractivity contribution in [2.75, 3.05) is 5.32 Å². The summed E-state index contributed by atoms with van der Waals surface area (Å²) in [7, 11) is -3.98. The highest BCUT2D eigenvalue weighted by Gasteiger charge is 2.15. The molecule has 0 unspecified atom stereocenters. The molecule has 2 rings (SSSR count). The van der Waals surface area contributed by atoms with Crippen LogP contribution in [0.3, 0.4) is 0 Å². The molecular formula is C13H12FN3O3S. The van der Waals surface area contributed by atoms with Crippen molar-refractivity contribution in [2.24, 2.45) is 5.14 Å².